The van der Waals surface area contributed by atoms with Gasteiger partial charge in [0, 0.05) is 19.0 Å². The molecule has 0 radical (unpaired) electrons. The minimum Gasteiger partial charge on any atom is -0.476 e. The molecule has 0 spiro atoms. The van der Waals surface area contributed by atoms with Crippen molar-refractivity contribution in [3.63, 3.8) is 0 Å². The Morgan fingerprint density at radius 2 is 2.50 bits per heavy atom. The summed E-state index contributed by atoms with van der Waals surface area (Å²) in [5, 5.41) is 10.8. The van der Waals surface area contributed by atoms with Crippen molar-refractivity contribution < 1.29 is 4.74 Å². The molecule has 0 bridgehead atoms. The molecule has 2 rings (SSSR count). The number of nitrogens with zero attached hydrogens (tertiary/aromatic N) is 2. The van der Waals surface area contributed by atoms with Crippen molar-refractivity contribution in [1.82, 2.24) is 5.32 Å². The van der Waals surface area contributed by atoms with Crippen LogP contribution in [-0.2, 0) is 4.74 Å². The van der Waals surface area contributed by atoms with E-state index in [0.29, 0.717) is 12.5 Å². The molecule has 0 amide bonds. The van der Waals surface area contributed by atoms with E-state index in [2.05, 4.69) is 15.5 Å². The van der Waals surface area contributed by atoms with E-state index in [9.17, 15) is 0 Å². The molecule has 10 heavy (non-hydrogen) atoms. The summed E-state index contributed by atoms with van der Waals surface area (Å²) < 4.78 is 4.99. The van der Waals surface area contributed by atoms with Crippen molar-refractivity contribution in [1.29, 1.82) is 0 Å². The Labute approximate surface area is 59.0 Å². The highest BCUT2D eigenvalue weighted by atomic mass is 16.5. The molecule has 1 N–H and O–H groups in total. The molecule has 0 saturated carbocycles. The molecule has 0 atom stereocenters. The summed E-state index contributed by atoms with van der Waals surface area (Å²) in [5.74, 6) is 0.567. The lowest BCUT2D eigenvalue weighted by molar-refractivity contribution is 0.346. The van der Waals surface area contributed by atoms with Crippen LogP contribution in [0.5, 0.6) is 0 Å². The summed E-state index contributed by atoms with van der Waals surface area (Å²) >= 11 is 0. The lowest BCUT2D eigenvalue weighted by Crippen LogP contribution is -2.48. The van der Waals surface area contributed by atoms with Gasteiger partial charge in [0.25, 0.3) is 0 Å². The molecular formula is C6H9N3O. The third kappa shape index (κ3) is 0.903. The minimum atomic E-state index is 0.567. The van der Waals surface area contributed by atoms with Crippen LogP contribution < -0.4 is 5.32 Å². The first-order valence-corrected chi connectivity index (χ1v) is 3.37. The Morgan fingerprint density at radius 1 is 1.60 bits per heavy atom. The van der Waals surface area contributed by atoms with E-state index in [-0.39, 0.29) is 0 Å². The van der Waals surface area contributed by atoms with Gasteiger partial charge in [-0.1, -0.05) is 0 Å². The third-order valence-corrected chi connectivity index (χ3v) is 1.79. The van der Waals surface area contributed by atoms with Gasteiger partial charge >= 0.3 is 0 Å². The first-order valence-electron chi connectivity index (χ1n) is 3.37. The molecule has 0 aromatic heterocycles. The highest BCUT2D eigenvalue weighted by molar-refractivity contribution is 5.90. The summed E-state index contributed by atoms with van der Waals surface area (Å²) in [7, 11) is 0. The molecule has 4 nitrogen and oxygen atoms in total. The molecule has 0 aromatic rings. The molecule has 54 valence electrons. The molecular weight excluding hydrogens is 130 g/mol. The van der Waals surface area contributed by atoms with Crippen LogP contribution in [0.4, 0.5) is 0 Å². The number of rotatable bonds is 1. The van der Waals surface area contributed by atoms with E-state index in [1.54, 1.807) is 0 Å². The van der Waals surface area contributed by atoms with Crippen molar-refractivity contribution in [2.45, 2.75) is 0 Å². The smallest absolute Gasteiger partial charge is 0.195 e. The van der Waals surface area contributed by atoms with Gasteiger partial charge < -0.3 is 10.1 Å². The van der Waals surface area contributed by atoms with Gasteiger partial charge in [-0.2, -0.15) is 5.10 Å². The topological polar surface area (TPSA) is 46.0 Å². The monoisotopic (exact) mass is 139 g/mol. The minimum absolute atomic E-state index is 0.567. The van der Waals surface area contributed by atoms with Gasteiger partial charge in [0.15, 0.2) is 6.40 Å². The molecule has 2 aliphatic heterocycles. The maximum atomic E-state index is 4.99. The first kappa shape index (κ1) is 5.85. The normalized spacial score (nSPS) is 25.0. The van der Waals surface area contributed by atoms with Crippen LogP contribution >= 0.6 is 0 Å². The number of ether oxygens (including phenoxy) is 1. The summed E-state index contributed by atoms with van der Waals surface area (Å²) in [6, 6.07) is 0. The lowest BCUT2D eigenvalue weighted by atomic mass is 9.98. The van der Waals surface area contributed by atoms with E-state index >= 15 is 0 Å². The maximum absolute atomic E-state index is 4.99. The molecule has 0 aromatic carbocycles. The predicted octanol–water partition coefficient (Wildman–Crippen LogP) is -0.380. The van der Waals surface area contributed by atoms with E-state index in [0.717, 1.165) is 18.8 Å². The molecule has 2 heterocycles. The zero-order valence-corrected chi connectivity index (χ0v) is 5.58. The second kappa shape index (κ2) is 2.38. The number of nitrogens with one attached hydrogen (secondary N) is 1. The fourth-order valence-electron chi connectivity index (χ4n) is 1.01. The van der Waals surface area contributed by atoms with Gasteiger partial charge in [0.1, 0.15) is 6.61 Å². The largest absolute Gasteiger partial charge is 0.476 e. The molecule has 2 aliphatic rings. The van der Waals surface area contributed by atoms with Crippen molar-refractivity contribution in [2.24, 2.45) is 16.1 Å². The number of hydrogen-bond donors (Lipinski definition) is 1. The highest BCUT2D eigenvalue weighted by Crippen LogP contribution is 2.08. The molecule has 1 saturated heterocycles. The summed E-state index contributed by atoms with van der Waals surface area (Å²) in [6.07, 6.45) is 1.38. The van der Waals surface area contributed by atoms with Gasteiger partial charge in [-0.3, -0.25) is 0 Å². The number of hydrogen-bond acceptors (Lipinski definition) is 4. The van der Waals surface area contributed by atoms with E-state index in [4.69, 9.17) is 4.74 Å². The second-order valence-corrected chi connectivity index (χ2v) is 2.48. The van der Waals surface area contributed by atoms with Crippen LogP contribution in [0.3, 0.4) is 0 Å². The SMILES string of the molecule is C1=NN=C(C2CNC2)CO1. The predicted molar refractivity (Wildman–Crippen MR) is 38.2 cm³/mol. The Morgan fingerprint density at radius 3 is 3.00 bits per heavy atom. The Balaban J connectivity index is 2.01. The van der Waals surface area contributed by atoms with Crippen LogP contribution in [0, 0.1) is 5.92 Å². The van der Waals surface area contributed by atoms with Gasteiger partial charge in [-0.15, -0.1) is 5.10 Å². The van der Waals surface area contributed by atoms with E-state index < -0.39 is 0 Å². The average Bonchev–Trinajstić information content (AvgIpc) is 1.86. The lowest BCUT2D eigenvalue weighted by Gasteiger charge is -2.28. The highest BCUT2D eigenvalue weighted by Gasteiger charge is 2.23. The van der Waals surface area contributed by atoms with Crippen LogP contribution in [0.15, 0.2) is 10.2 Å². The van der Waals surface area contributed by atoms with Crippen molar-refractivity contribution in [3.8, 4) is 0 Å². The summed E-state index contributed by atoms with van der Waals surface area (Å²) in [4.78, 5) is 0. The summed E-state index contributed by atoms with van der Waals surface area (Å²) in [5.41, 5.74) is 1.07. The van der Waals surface area contributed by atoms with Gasteiger partial charge in [-0.25, -0.2) is 0 Å². The summed E-state index contributed by atoms with van der Waals surface area (Å²) in [6.45, 7) is 2.67. The van der Waals surface area contributed by atoms with E-state index in [1.807, 2.05) is 0 Å². The van der Waals surface area contributed by atoms with Crippen molar-refractivity contribution in [3.05, 3.63) is 0 Å². The zero-order chi connectivity index (χ0) is 6.81. The van der Waals surface area contributed by atoms with Crippen LogP contribution in [0.1, 0.15) is 0 Å². The van der Waals surface area contributed by atoms with E-state index in [1.165, 1.54) is 6.40 Å². The van der Waals surface area contributed by atoms with Crippen molar-refractivity contribution in [2.75, 3.05) is 19.7 Å². The average molecular weight is 139 g/mol. The second-order valence-electron chi connectivity index (χ2n) is 2.48. The molecule has 0 unspecified atom stereocenters. The van der Waals surface area contributed by atoms with Crippen LogP contribution in [0.25, 0.3) is 0 Å². The Hall–Kier alpha value is -0.900. The third-order valence-electron chi connectivity index (χ3n) is 1.79. The quantitative estimate of drug-likeness (QED) is 0.538. The van der Waals surface area contributed by atoms with Gasteiger partial charge in [0.05, 0.1) is 5.71 Å². The van der Waals surface area contributed by atoms with Crippen molar-refractivity contribution >= 4 is 12.1 Å². The first-order chi connectivity index (χ1) is 4.97. The zero-order valence-electron chi connectivity index (χ0n) is 5.58. The Bertz CT molecular complexity index is 183. The maximum Gasteiger partial charge on any atom is 0.195 e. The molecule has 1 fully saturated rings. The Kier molecular flexibility index (Phi) is 1.39. The van der Waals surface area contributed by atoms with Crippen LogP contribution in [0.2, 0.25) is 0 Å². The fourth-order valence-corrected chi connectivity index (χ4v) is 1.01. The standard InChI is InChI=1S/C6H9N3O/c1-5(2-7-1)6-3-10-4-8-9-6/h4-5,7H,1-3H2. The van der Waals surface area contributed by atoms with Gasteiger partial charge in [-0.05, 0) is 0 Å². The molecule has 4 heteroatoms. The fraction of sp³-hybridized carbons (Fsp3) is 0.667. The van der Waals surface area contributed by atoms with Crippen LogP contribution in [-0.4, -0.2) is 31.8 Å². The van der Waals surface area contributed by atoms with Gasteiger partial charge in [0.2, 0.25) is 0 Å². The molecule has 0 aliphatic carbocycles.